The second-order valence-electron chi connectivity index (χ2n) is 5.96. The maximum Gasteiger partial charge on any atom is 0.228 e. The van der Waals surface area contributed by atoms with Crippen LogP contribution in [-0.2, 0) is 9.59 Å². The molecular formula is C20H18FN3O2S. The molecule has 0 aliphatic heterocycles. The highest BCUT2D eigenvalue weighted by Crippen LogP contribution is 2.26. The molecule has 5 nitrogen and oxygen atoms in total. The van der Waals surface area contributed by atoms with Gasteiger partial charge in [-0.05, 0) is 29.8 Å². The van der Waals surface area contributed by atoms with E-state index in [-0.39, 0.29) is 24.1 Å². The van der Waals surface area contributed by atoms with Gasteiger partial charge in [-0.25, -0.2) is 9.37 Å². The van der Waals surface area contributed by atoms with Crippen LogP contribution < -0.4 is 10.6 Å². The molecule has 3 rings (SSSR count). The molecule has 0 aliphatic carbocycles. The maximum absolute atomic E-state index is 13.0. The van der Waals surface area contributed by atoms with Crippen molar-refractivity contribution in [1.82, 2.24) is 10.3 Å². The van der Waals surface area contributed by atoms with Crippen LogP contribution in [0.25, 0.3) is 11.3 Å². The first-order valence-electron chi connectivity index (χ1n) is 8.34. The number of benzene rings is 2. The third kappa shape index (κ3) is 5.21. The fourth-order valence-corrected chi connectivity index (χ4v) is 3.36. The highest BCUT2D eigenvalue weighted by Gasteiger charge is 2.18. The van der Waals surface area contributed by atoms with Gasteiger partial charge in [-0.15, -0.1) is 11.3 Å². The summed E-state index contributed by atoms with van der Waals surface area (Å²) in [6.45, 7) is 1.42. The lowest BCUT2D eigenvalue weighted by Crippen LogP contribution is -2.29. The summed E-state index contributed by atoms with van der Waals surface area (Å²) in [4.78, 5) is 28.3. The van der Waals surface area contributed by atoms with Gasteiger partial charge in [0.1, 0.15) is 5.82 Å². The van der Waals surface area contributed by atoms with E-state index < -0.39 is 6.04 Å². The van der Waals surface area contributed by atoms with Crippen molar-refractivity contribution in [2.24, 2.45) is 0 Å². The Morgan fingerprint density at radius 1 is 1.11 bits per heavy atom. The molecule has 0 bridgehead atoms. The quantitative estimate of drug-likeness (QED) is 0.672. The smallest absolute Gasteiger partial charge is 0.228 e. The number of anilines is 1. The van der Waals surface area contributed by atoms with E-state index in [0.717, 1.165) is 11.1 Å². The molecule has 0 spiro atoms. The summed E-state index contributed by atoms with van der Waals surface area (Å²) in [7, 11) is 0. The van der Waals surface area contributed by atoms with Crippen LogP contribution in [0.1, 0.15) is 24.9 Å². The standard InChI is InChI=1S/C20H18FN3O2S/c1-13(25)22-17(14-5-3-2-4-6-14)11-19(26)24-20-23-18(12-27-20)15-7-9-16(21)10-8-15/h2-10,12,17H,11H2,1H3,(H,22,25)(H,23,24,26)/t17-/m0/s1. The number of nitrogens with zero attached hydrogens (tertiary/aromatic N) is 1. The molecule has 0 aliphatic rings. The molecular weight excluding hydrogens is 365 g/mol. The molecule has 1 atom stereocenters. The molecule has 2 N–H and O–H groups in total. The molecule has 2 aromatic carbocycles. The minimum absolute atomic E-state index is 0.0923. The van der Waals surface area contributed by atoms with Crippen LogP contribution in [0, 0.1) is 5.82 Å². The molecule has 3 aromatic rings. The Labute approximate surface area is 160 Å². The Balaban J connectivity index is 1.67. The van der Waals surface area contributed by atoms with E-state index in [9.17, 15) is 14.0 Å². The van der Waals surface area contributed by atoms with Gasteiger partial charge >= 0.3 is 0 Å². The second-order valence-corrected chi connectivity index (χ2v) is 6.82. The maximum atomic E-state index is 13.0. The van der Waals surface area contributed by atoms with Gasteiger partial charge in [0.05, 0.1) is 18.2 Å². The normalized spacial score (nSPS) is 11.6. The predicted molar refractivity (Wildman–Crippen MR) is 104 cm³/mol. The van der Waals surface area contributed by atoms with Gasteiger partial charge < -0.3 is 10.6 Å². The van der Waals surface area contributed by atoms with Gasteiger partial charge in [-0.3, -0.25) is 9.59 Å². The van der Waals surface area contributed by atoms with Crippen LogP contribution >= 0.6 is 11.3 Å². The predicted octanol–water partition coefficient (Wildman–Crippen LogP) is 4.16. The zero-order chi connectivity index (χ0) is 19.2. The van der Waals surface area contributed by atoms with E-state index in [1.807, 2.05) is 30.3 Å². The lowest BCUT2D eigenvalue weighted by molar-refractivity contribution is -0.120. The number of carbonyl (C=O) groups is 2. The fraction of sp³-hybridized carbons (Fsp3) is 0.150. The largest absolute Gasteiger partial charge is 0.349 e. The van der Waals surface area contributed by atoms with Crippen LogP contribution in [-0.4, -0.2) is 16.8 Å². The Morgan fingerprint density at radius 3 is 2.48 bits per heavy atom. The van der Waals surface area contributed by atoms with E-state index in [4.69, 9.17) is 0 Å². The average molecular weight is 383 g/mol. The topological polar surface area (TPSA) is 71.1 Å². The number of thiazole rings is 1. The number of carbonyl (C=O) groups excluding carboxylic acids is 2. The fourth-order valence-electron chi connectivity index (χ4n) is 2.62. The van der Waals surface area contributed by atoms with Gasteiger partial charge in [0.15, 0.2) is 5.13 Å². The van der Waals surface area contributed by atoms with E-state index in [2.05, 4.69) is 15.6 Å². The van der Waals surface area contributed by atoms with Gasteiger partial charge in [0.25, 0.3) is 0 Å². The van der Waals surface area contributed by atoms with Crippen molar-refractivity contribution in [3.8, 4) is 11.3 Å². The van der Waals surface area contributed by atoms with Gasteiger partial charge in [-0.2, -0.15) is 0 Å². The van der Waals surface area contributed by atoms with Crippen molar-refractivity contribution in [3.05, 3.63) is 71.4 Å². The zero-order valence-corrected chi connectivity index (χ0v) is 15.4. The van der Waals surface area contributed by atoms with E-state index >= 15 is 0 Å². The first kappa shape index (κ1) is 18.7. The number of nitrogens with one attached hydrogen (secondary N) is 2. The minimum atomic E-state index is -0.416. The van der Waals surface area contributed by atoms with E-state index in [1.54, 1.807) is 17.5 Å². The molecule has 2 amide bonds. The molecule has 1 aromatic heterocycles. The number of rotatable bonds is 6. The second kappa shape index (κ2) is 8.55. The van der Waals surface area contributed by atoms with E-state index in [1.165, 1.54) is 30.4 Å². The molecule has 0 unspecified atom stereocenters. The highest BCUT2D eigenvalue weighted by atomic mass is 32.1. The van der Waals surface area contributed by atoms with Gasteiger partial charge in [-0.1, -0.05) is 30.3 Å². The SMILES string of the molecule is CC(=O)N[C@@H](CC(=O)Nc1nc(-c2ccc(F)cc2)cs1)c1ccccc1. The zero-order valence-electron chi connectivity index (χ0n) is 14.6. The van der Waals surface area contributed by atoms with Crippen molar-refractivity contribution in [2.45, 2.75) is 19.4 Å². The van der Waals surface area contributed by atoms with Crippen LogP contribution in [0.15, 0.2) is 60.0 Å². The number of amides is 2. The molecule has 27 heavy (non-hydrogen) atoms. The monoisotopic (exact) mass is 383 g/mol. The number of halogens is 1. The first-order valence-corrected chi connectivity index (χ1v) is 9.22. The lowest BCUT2D eigenvalue weighted by atomic mass is 10.0. The summed E-state index contributed by atoms with van der Waals surface area (Å²) < 4.78 is 13.0. The van der Waals surface area contributed by atoms with Crippen LogP contribution in [0.2, 0.25) is 0 Å². The first-order chi connectivity index (χ1) is 13.0. The highest BCUT2D eigenvalue weighted by molar-refractivity contribution is 7.14. The molecule has 7 heteroatoms. The number of aromatic nitrogens is 1. The lowest BCUT2D eigenvalue weighted by Gasteiger charge is -2.17. The molecule has 138 valence electrons. The van der Waals surface area contributed by atoms with Crippen LogP contribution in [0.5, 0.6) is 0 Å². The van der Waals surface area contributed by atoms with Crippen LogP contribution in [0.3, 0.4) is 0 Å². The molecule has 0 fully saturated rings. The van der Waals surface area contributed by atoms with Crippen molar-refractivity contribution in [3.63, 3.8) is 0 Å². The summed E-state index contributed by atoms with van der Waals surface area (Å²) in [6, 6.07) is 14.9. The summed E-state index contributed by atoms with van der Waals surface area (Å²) in [5.74, 6) is -0.769. The van der Waals surface area contributed by atoms with Crippen molar-refractivity contribution >= 4 is 28.3 Å². The number of hydrogen-bond donors (Lipinski definition) is 2. The minimum Gasteiger partial charge on any atom is -0.349 e. The van der Waals surface area contributed by atoms with Crippen molar-refractivity contribution in [1.29, 1.82) is 0 Å². The summed E-state index contributed by atoms with van der Waals surface area (Å²) in [5.41, 5.74) is 2.29. The van der Waals surface area contributed by atoms with Gasteiger partial charge in [0, 0.05) is 17.9 Å². The molecule has 0 saturated heterocycles. The Kier molecular flexibility index (Phi) is 5.93. The van der Waals surface area contributed by atoms with Crippen molar-refractivity contribution < 1.29 is 14.0 Å². The van der Waals surface area contributed by atoms with Crippen LogP contribution in [0.4, 0.5) is 9.52 Å². The Morgan fingerprint density at radius 2 is 1.81 bits per heavy atom. The molecule has 0 radical (unpaired) electrons. The Bertz CT molecular complexity index is 926. The Hall–Kier alpha value is -3.06. The summed E-state index contributed by atoms with van der Waals surface area (Å²) in [6.07, 6.45) is 0.0923. The summed E-state index contributed by atoms with van der Waals surface area (Å²) in [5, 5.41) is 7.81. The number of hydrogen-bond acceptors (Lipinski definition) is 4. The third-order valence-electron chi connectivity index (χ3n) is 3.86. The molecule has 0 saturated carbocycles. The summed E-state index contributed by atoms with van der Waals surface area (Å²) >= 11 is 1.29. The third-order valence-corrected chi connectivity index (χ3v) is 4.62. The molecule has 1 heterocycles. The van der Waals surface area contributed by atoms with Crippen molar-refractivity contribution in [2.75, 3.05) is 5.32 Å². The van der Waals surface area contributed by atoms with E-state index in [0.29, 0.717) is 10.8 Å². The van der Waals surface area contributed by atoms with Gasteiger partial charge in [0.2, 0.25) is 11.8 Å². The average Bonchev–Trinajstić information content (AvgIpc) is 3.10.